The van der Waals surface area contributed by atoms with Crippen LogP contribution in [0.2, 0.25) is 0 Å². The molecule has 0 aliphatic carbocycles. The fourth-order valence-corrected chi connectivity index (χ4v) is 2.87. The lowest BCUT2D eigenvalue weighted by Crippen LogP contribution is -2.36. The first-order valence-electron chi connectivity index (χ1n) is 8.77. The molecule has 136 valence electrons. The number of morpholine rings is 1. The van der Waals surface area contributed by atoms with Gasteiger partial charge in [-0.15, -0.1) is 0 Å². The van der Waals surface area contributed by atoms with E-state index in [1.54, 1.807) is 0 Å². The number of hydrazone groups is 1. The van der Waals surface area contributed by atoms with E-state index in [1.807, 2.05) is 25.1 Å². The molecule has 0 radical (unpaired) electrons. The molecule has 0 bridgehead atoms. The van der Waals surface area contributed by atoms with Gasteiger partial charge in [-0.3, -0.25) is 5.43 Å². The minimum Gasteiger partial charge on any atom is -0.378 e. The molecular weight excluding hydrogens is 344 g/mol. The van der Waals surface area contributed by atoms with E-state index in [4.69, 9.17) is 17.0 Å². The maximum Gasteiger partial charge on any atom is 0.187 e. The molecule has 1 fully saturated rings. The molecule has 2 aromatic carbocycles. The van der Waals surface area contributed by atoms with Crippen molar-refractivity contribution in [1.82, 2.24) is 10.7 Å². The third-order valence-corrected chi connectivity index (χ3v) is 4.52. The van der Waals surface area contributed by atoms with Gasteiger partial charge in [0.05, 0.1) is 18.9 Å². The summed E-state index contributed by atoms with van der Waals surface area (Å²) in [6.07, 6.45) is 0. The fourth-order valence-electron chi connectivity index (χ4n) is 2.75. The summed E-state index contributed by atoms with van der Waals surface area (Å²) in [6, 6.07) is 18.6. The number of thiocarbonyl (C=S) groups is 1. The Labute approximate surface area is 160 Å². The molecule has 6 heteroatoms. The minimum atomic E-state index is 0.512. The molecule has 1 saturated heterocycles. The highest BCUT2D eigenvalue weighted by atomic mass is 32.1. The monoisotopic (exact) mass is 368 g/mol. The number of hydrogen-bond donors (Lipinski definition) is 2. The summed E-state index contributed by atoms with van der Waals surface area (Å²) in [5, 5.41) is 8.04. The van der Waals surface area contributed by atoms with Gasteiger partial charge in [-0.1, -0.05) is 42.5 Å². The number of benzene rings is 2. The molecule has 0 atom stereocenters. The number of ether oxygens (including phenoxy) is 1. The molecule has 1 aliphatic rings. The zero-order valence-electron chi connectivity index (χ0n) is 14.9. The summed E-state index contributed by atoms with van der Waals surface area (Å²) in [5.41, 5.74) is 7.27. The van der Waals surface area contributed by atoms with Crippen molar-refractivity contribution in [3.8, 4) is 0 Å². The summed E-state index contributed by atoms with van der Waals surface area (Å²) in [4.78, 5) is 2.33. The Morgan fingerprint density at radius 2 is 1.77 bits per heavy atom. The molecular formula is C20H24N4OS. The van der Waals surface area contributed by atoms with Crippen LogP contribution in [0.5, 0.6) is 0 Å². The number of anilines is 1. The number of rotatable bonds is 5. The van der Waals surface area contributed by atoms with Gasteiger partial charge >= 0.3 is 0 Å². The quantitative estimate of drug-likeness (QED) is 0.483. The van der Waals surface area contributed by atoms with Crippen molar-refractivity contribution in [1.29, 1.82) is 0 Å². The van der Waals surface area contributed by atoms with Crippen molar-refractivity contribution in [3.63, 3.8) is 0 Å². The van der Waals surface area contributed by atoms with Gasteiger partial charge in [0.25, 0.3) is 0 Å². The van der Waals surface area contributed by atoms with Crippen LogP contribution in [0.1, 0.15) is 18.1 Å². The van der Waals surface area contributed by atoms with Crippen LogP contribution in [-0.2, 0) is 11.3 Å². The van der Waals surface area contributed by atoms with E-state index >= 15 is 0 Å². The minimum absolute atomic E-state index is 0.512. The molecule has 2 aromatic rings. The molecule has 2 N–H and O–H groups in total. The molecule has 5 nitrogen and oxygen atoms in total. The second-order valence-corrected chi connectivity index (χ2v) is 6.53. The predicted molar refractivity (Wildman–Crippen MR) is 111 cm³/mol. The van der Waals surface area contributed by atoms with E-state index in [0.29, 0.717) is 11.7 Å². The van der Waals surface area contributed by atoms with Gasteiger partial charge < -0.3 is 15.0 Å². The first-order valence-corrected chi connectivity index (χ1v) is 9.18. The number of hydrogen-bond acceptors (Lipinski definition) is 4. The highest BCUT2D eigenvalue weighted by Crippen LogP contribution is 2.17. The summed E-state index contributed by atoms with van der Waals surface area (Å²) in [7, 11) is 0. The molecule has 1 aliphatic heterocycles. The van der Waals surface area contributed by atoms with Crippen molar-refractivity contribution in [3.05, 3.63) is 65.7 Å². The summed E-state index contributed by atoms with van der Waals surface area (Å²) < 4.78 is 5.40. The number of nitrogens with one attached hydrogen (secondary N) is 2. The lowest BCUT2D eigenvalue weighted by Gasteiger charge is -2.28. The maximum atomic E-state index is 5.40. The van der Waals surface area contributed by atoms with Crippen LogP contribution < -0.4 is 15.6 Å². The van der Waals surface area contributed by atoms with E-state index in [9.17, 15) is 0 Å². The molecule has 0 aromatic heterocycles. The van der Waals surface area contributed by atoms with Gasteiger partial charge in [-0.25, -0.2) is 0 Å². The average molecular weight is 369 g/mol. The smallest absolute Gasteiger partial charge is 0.187 e. The molecule has 0 spiro atoms. The Morgan fingerprint density at radius 1 is 1.08 bits per heavy atom. The first-order chi connectivity index (χ1) is 12.7. The van der Waals surface area contributed by atoms with Crippen LogP contribution in [0, 0.1) is 0 Å². The van der Waals surface area contributed by atoms with Crippen molar-refractivity contribution >= 4 is 28.7 Å². The van der Waals surface area contributed by atoms with Gasteiger partial charge in [0.2, 0.25) is 0 Å². The van der Waals surface area contributed by atoms with Gasteiger partial charge in [0.1, 0.15) is 0 Å². The lowest BCUT2D eigenvalue weighted by molar-refractivity contribution is 0.122. The van der Waals surface area contributed by atoms with E-state index in [-0.39, 0.29) is 0 Å². The Kier molecular flexibility index (Phi) is 6.57. The normalized spacial score (nSPS) is 14.8. The van der Waals surface area contributed by atoms with Gasteiger partial charge in [-0.2, -0.15) is 5.10 Å². The SMILES string of the molecule is CC(=NNC(=S)NCc1ccccc1)c1ccc(N2CCOCC2)cc1. The van der Waals surface area contributed by atoms with Crippen molar-refractivity contribution in [2.75, 3.05) is 31.2 Å². The molecule has 0 amide bonds. The van der Waals surface area contributed by atoms with Crippen molar-refractivity contribution in [2.45, 2.75) is 13.5 Å². The maximum absolute atomic E-state index is 5.40. The first kappa shape index (κ1) is 18.4. The molecule has 0 saturated carbocycles. The second-order valence-electron chi connectivity index (χ2n) is 6.12. The highest BCUT2D eigenvalue weighted by Gasteiger charge is 2.11. The summed E-state index contributed by atoms with van der Waals surface area (Å²) in [5.74, 6) is 0. The Balaban J connectivity index is 1.51. The zero-order valence-corrected chi connectivity index (χ0v) is 15.8. The number of nitrogens with zero attached hydrogens (tertiary/aromatic N) is 2. The average Bonchev–Trinajstić information content (AvgIpc) is 2.72. The molecule has 26 heavy (non-hydrogen) atoms. The molecule has 1 heterocycles. The van der Waals surface area contributed by atoms with E-state index in [2.05, 4.69) is 57.1 Å². The summed E-state index contributed by atoms with van der Waals surface area (Å²) in [6.45, 7) is 6.11. The van der Waals surface area contributed by atoms with Crippen LogP contribution >= 0.6 is 12.2 Å². The Bertz CT molecular complexity index is 740. The standard InChI is InChI=1S/C20H24N4OS/c1-16(22-23-20(26)21-15-17-5-3-2-4-6-17)18-7-9-19(10-8-18)24-11-13-25-14-12-24/h2-10H,11-15H2,1H3,(H2,21,23,26). The fraction of sp³-hybridized carbons (Fsp3) is 0.300. The Morgan fingerprint density at radius 3 is 2.46 bits per heavy atom. The predicted octanol–water partition coefficient (Wildman–Crippen LogP) is 2.91. The zero-order chi connectivity index (χ0) is 18.2. The lowest BCUT2D eigenvalue weighted by atomic mass is 10.1. The van der Waals surface area contributed by atoms with Crippen LogP contribution in [0.25, 0.3) is 0 Å². The van der Waals surface area contributed by atoms with Gasteiger partial charge in [0, 0.05) is 25.3 Å². The third-order valence-electron chi connectivity index (χ3n) is 4.28. The van der Waals surface area contributed by atoms with Gasteiger partial charge in [0.15, 0.2) is 5.11 Å². The molecule has 0 unspecified atom stereocenters. The third kappa shape index (κ3) is 5.28. The largest absolute Gasteiger partial charge is 0.378 e. The van der Waals surface area contributed by atoms with Crippen LogP contribution in [0.15, 0.2) is 59.7 Å². The van der Waals surface area contributed by atoms with Gasteiger partial charge in [-0.05, 0) is 42.4 Å². The second kappa shape index (κ2) is 9.31. The summed E-state index contributed by atoms with van der Waals surface area (Å²) >= 11 is 5.28. The van der Waals surface area contributed by atoms with Crippen molar-refractivity contribution < 1.29 is 4.74 Å². The topological polar surface area (TPSA) is 48.9 Å². The van der Waals surface area contributed by atoms with Crippen LogP contribution in [-0.4, -0.2) is 37.1 Å². The van der Waals surface area contributed by atoms with E-state index in [1.165, 1.54) is 11.3 Å². The van der Waals surface area contributed by atoms with Crippen molar-refractivity contribution in [2.24, 2.45) is 5.10 Å². The molecule has 3 rings (SSSR count). The Hall–Kier alpha value is -2.44. The van der Waals surface area contributed by atoms with Crippen LogP contribution in [0.3, 0.4) is 0 Å². The van der Waals surface area contributed by atoms with Crippen LogP contribution in [0.4, 0.5) is 5.69 Å². The highest BCUT2D eigenvalue weighted by molar-refractivity contribution is 7.80. The van der Waals surface area contributed by atoms with E-state index < -0.39 is 0 Å². The van der Waals surface area contributed by atoms with E-state index in [0.717, 1.165) is 37.6 Å².